The maximum Gasteiger partial charge on any atom is 0.321 e. The molecule has 30 heavy (non-hydrogen) atoms. The number of aryl methyl sites for hydroxylation is 1. The number of carbonyl (C=O) groups excluding carboxylic acids is 2. The molecule has 3 N–H and O–H groups in total. The third-order valence-corrected chi connectivity index (χ3v) is 5.82. The van der Waals surface area contributed by atoms with Crippen LogP contribution >= 0.6 is 0 Å². The van der Waals surface area contributed by atoms with Gasteiger partial charge in [0.25, 0.3) is 5.91 Å². The summed E-state index contributed by atoms with van der Waals surface area (Å²) in [5.74, 6) is 0.0504. The number of nitrogens with zero attached hydrogens (tertiary/aromatic N) is 3. The molecule has 0 saturated carbocycles. The van der Waals surface area contributed by atoms with Crippen LogP contribution in [0.4, 0.5) is 21.9 Å². The highest BCUT2D eigenvalue weighted by atomic mass is 16.2. The first kappa shape index (κ1) is 20.1. The van der Waals surface area contributed by atoms with Gasteiger partial charge in [0, 0.05) is 56.3 Å². The molecule has 0 unspecified atom stereocenters. The van der Waals surface area contributed by atoms with Crippen molar-refractivity contribution >= 4 is 29.0 Å². The number of anilines is 3. The SMILES string of the molecule is Cc1cccc(NC(=O)N2CCN(c3ccc(N)cc3C(=O)N3CCCC3)CC2)c1. The number of urea groups is 1. The van der Waals surface area contributed by atoms with Crippen molar-refractivity contribution in [3.05, 3.63) is 53.6 Å². The molecule has 0 spiro atoms. The average Bonchev–Trinajstić information content (AvgIpc) is 3.28. The Morgan fingerprint density at radius 2 is 1.63 bits per heavy atom. The summed E-state index contributed by atoms with van der Waals surface area (Å²) in [6, 6.07) is 13.3. The number of nitrogens with one attached hydrogen (secondary N) is 1. The molecule has 2 saturated heterocycles. The van der Waals surface area contributed by atoms with Gasteiger partial charge < -0.3 is 25.8 Å². The van der Waals surface area contributed by atoms with Crippen molar-refractivity contribution in [3.63, 3.8) is 0 Å². The molecule has 0 radical (unpaired) electrons. The lowest BCUT2D eigenvalue weighted by Crippen LogP contribution is -2.50. The van der Waals surface area contributed by atoms with Crippen LogP contribution in [0.2, 0.25) is 0 Å². The summed E-state index contributed by atoms with van der Waals surface area (Å²) in [7, 11) is 0. The second-order valence-corrected chi connectivity index (χ2v) is 8.05. The second-order valence-electron chi connectivity index (χ2n) is 8.05. The Bertz CT molecular complexity index is 931. The van der Waals surface area contributed by atoms with E-state index in [0.29, 0.717) is 37.4 Å². The zero-order chi connectivity index (χ0) is 21.1. The maximum atomic E-state index is 13.0. The lowest BCUT2D eigenvalue weighted by Gasteiger charge is -2.37. The molecule has 0 atom stereocenters. The quantitative estimate of drug-likeness (QED) is 0.766. The summed E-state index contributed by atoms with van der Waals surface area (Å²) in [5, 5.41) is 2.97. The van der Waals surface area contributed by atoms with Gasteiger partial charge in [-0.1, -0.05) is 12.1 Å². The van der Waals surface area contributed by atoms with Crippen molar-refractivity contribution in [2.75, 3.05) is 55.2 Å². The number of hydrogen-bond donors (Lipinski definition) is 2. The number of rotatable bonds is 3. The number of hydrogen-bond acceptors (Lipinski definition) is 4. The lowest BCUT2D eigenvalue weighted by molar-refractivity contribution is 0.0793. The number of likely N-dealkylation sites (tertiary alicyclic amines) is 1. The third kappa shape index (κ3) is 4.35. The van der Waals surface area contributed by atoms with E-state index in [9.17, 15) is 9.59 Å². The molecule has 7 nitrogen and oxygen atoms in total. The topological polar surface area (TPSA) is 81.9 Å². The normalized spacial score (nSPS) is 16.6. The molecular weight excluding hydrogens is 378 g/mol. The predicted molar refractivity (Wildman–Crippen MR) is 120 cm³/mol. The van der Waals surface area contributed by atoms with Gasteiger partial charge in [-0.2, -0.15) is 0 Å². The van der Waals surface area contributed by atoms with Crippen LogP contribution in [0, 0.1) is 6.92 Å². The summed E-state index contributed by atoms with van der Waals surface area (Å²) in [5.41, 5.74) is 10.1. The van der Waals surface area contributed by atoms with E-state index in [1.807, 2.05) is 53.1 Å². The fourth-order valence-corrected chi connectivity index (χ4v) is 4.17. The molecule has 158 valence electrons. The van der Waals surface area contributed by atoms with E-state index in [1.165, 1.54) is 0 Å². The molecule has 2 fully saturated rings. The van der Waals surface area contributed by atoms with E-state index in [4.69, 9.17) is 5.73 Å². The summed E-state index contributed by atoms with van der Waals surface area (Å²) in [4.78, 5) is 31.6. The standard InChI is InChI=1S/C23H29N5O2/c1-17-5-4-6-19(15-17)25-23(30)28-13-11-26(12-14-28)21-8-7-18(24)16-20(21)22(29)27-9-2-3-10-27/h4-8,15-16H,2-3,9-14,24H2,1H3,(H,25,30). The van der Waals surface area contributed by atoms with Crippen LogP contribution in [0.25, 0.3) is 0 Å². The lowest BCUT2D eigenvalue weighted by atomic mass is 10.1. The predicted octanol–water partition coefficient (Wildman–Crippen LogP) is 3.17. The van der Waals surface area contributed by atoms with Crippen molar-refractivity contribution < 1.29 is 9.59 Å². The number of nitrogen functional groups attached to an aromatic ring is 1. The van der Waals surface area contributed by atoms with Crippen LogP contribution in [-0.4, -0.2) is 61.0 Å². The van der Waals surface area contributed by atoms with E-state index in [0.717, 1.165) is 42.9 Å². The Kier molecular flexibility index (Phi) is 5.79. The van der Waals surface area contributed by atoms with Crippen LogP contribution in [0.3, 0.4) is 0 Å². The molecule has 0 aliphatic carbocycles. The summed E-state index contributed by atoms with van der Waals surface area (Å²) < 4.78 is 0. The molecule has 0 bridgehead atoms. The van der Waals surface area contributed by atoms with Crippen LogP contribution in [0.15, 0.2) is 42.5 Å². The van der Waals surface area contributed by atoms with Gasteiger partial charge in [0.2, 0.25) is 0 Å². The molecule has 0 aromatic heterocycles. The van der Waals surface area contributed by atoms with Crippen LogP contribution in [-0.2, 0) is 0 Å². The molecule has 3 amide bonds. The van der Waals surface area contributed by atoms with Gasteiger partial charge >= 0.3 is 6.03 Å². The number of carbonyl (C=O) groups is 2. The third-order valence-electron chi connectivity index (χ3n) is 5.82. The summed E-state index contributed by atoms with van der Waals surface area (Å²) in [6.45, 7) is 6.15. The Labute approximate surface area is 177 Å². The van der Waals surface area contributed by atoms with E-state index in [2.05, 4.69) is 10.2 Å². The van der Waals surface area contributed by atoms with Crippen LogP contribution in [0.1, 0.15) is 28.8 Å². The van der Waals surface area contributed by atoms with Gasteiger partial charge in [-0.05, 0) is 55.7 Å². The Balaban J connectivity index is 1.42. The van der Waals surface area contributed by atoms with Crippen LogP contribution < -0.4 is 16.0 Å². The van der Waals surface area contributed by atoms with Gasteiger partial charge in [0.05, 0.1) is 5.56 Å². The number of benzene rings is 2. The monoisotopic (exact) mass is 407 g/mol. The Morgan fingerprint density at radius 1 is 0.900 bits per heavy atom. The number of piperazine rings is 1. The van der Waals surface area contributed by atoms with Crippen molar-refractivity contribution in [1.29, 1.82) is 0 Å². The van der Waals surface area contributed by atoms with Gasteiger partial charge in [-0.15, -0.1) is 0 Å². The molecule has 2 aliphatic heterocycles. The van der Waals surface area contributed by atoms with Crippen molar-refractivity contribution in [2.45, 2.75) is 19.8 Å². The minimum atomic E-state index is -0.0917. The first-order valence-electron chi connectivity index (χ1n) is 10.6. The maximum absolute atomic E-state index is 13.0. The fourth-order valence-electron chi connectivity index (χ4n) is 4.17. The molecule has 2 aliphatic rings. The average molecular weight is 408 g/mol. The Hall–Kier alpha value is -3.22. The van der Waals surface area contributed by atoms with Gasteiger partial charge in [-0.25, -0.2) is 4.79 Å². The van der Waals surface area contributed by atoms with E-state index in [-0.39, 0.29) is 11.9 Å². The molecular formula is C23H29N5O2. The van der Waals surface area contributed by atoms with E-state index in [1.54, 1.807) is 6.07 Å². The van der Waals surface area contributed by atoms with Crippen molar-refractivity contribution in [2.24, 2.45) is 0 Å². The summed E-state index contributed by atoms with van der Waals surface area (Å²) >= 11 is 0. The minimum absolute atomic E-state index is 0.0504. The van der Waals surface area contributed by atoms with Crippen molar-refractivity contribution in [1.82, 2.24) is 9.80 Å². The minimum Gasteiger partial charge on any atom is -0.399 e. The van der Waals surface area contributed by atoms with Gasteiger partial charge in [0.15, 0.2) is 0 Å². The largest absolute Gasteiger partial charge is 0.399 e. The first-order chi connectivity index (χ1) is 14.5. The number of amides is 3. The van der Waals surface area contributed by atoms with Gasteiger partial charge in [0.1, 0.15) is 0 Å². The molecule has 2 aromatic carbocycles. The number of nitrogens with two attached hydrogens (primary N) is 1. The molecule has 2 aromatic rings. The molecule has 7 heteroatoms. The highest BCUT2D eigenvalue weighted by Crippen LogP contribution is 2.27. The summed E-state index contributed by atoms with van der Waals surface area (Å²) in [6.07, 6.45) is 2.11. The van der Waals surface area contributed by atoms with E-state index < -0.39 is 0 Å². The molecule has 2 heterocycles. The van der Waals surface area contributed by atoms with Crippen molar-refractivity contribution in [3.8, 4) is 0 Å². The fraction of sp³-hybridized carbons (Fsp3) is 0.391. The zero-order valence-corrected chi connectivity index (χ0v) is 17.4. The smallest absolute Gasteiger partial charge is 0.321 e. The zero-order valence-electron chi connectivity index (χ0n) is 17.4. The van der Waals surface area contributed by atoms with E-state index >= 15 is 0 Å². The van der Waals surface area contributed by atoms with Gasteiger partial charge in [-0.3, -0.25) is 4.79 Å². The first-order valence-corrected chi connectivity index (χ1v) is 10.6. The molecule has 4 rings (SSSR count). The highest BCUT2D eigenvalue weighted by molar-refractivity contribution is 6.01. The van der Waals surface area contributed by atoms with Crippen LogP contribution in [0.5, 0.6) is 0 Å². The second kappa shape index (κ2) is 8.65. The Morgan fingerprint density at radius 3 is 2.33 bits per heavy atom. The highest BCUT2D eigenvalue weighted by Gasteiger charge is 2.27.